The smallest absolute Gasteiger partial charge is 0.315 e. The molecule has 1 heterocycles. The lowest BCUT2D eigenvalue weighted by molar-refractivity contribution is 0.240. The van der Waals surface area contributed by atoms with Gasteiger partial charge in [-0.15, -0.1) is 11.3 Å². The summed E-state index contributed by atoms with van der Waals surface area (Å²) in [6, 6.07) is 9.79. The van der Waals surface area contributed by atoms with E-state index in [4.69, 9.17) is 0 Å². The van der Waals surface area contributed by atoms with Crippen molar-refractivity contribution in [3.63, 3.8) is 0 Å². The average Bonchev–Trinajstić information content (AvgIpc) is 2.78. The van der Waals surface area contributed by atoms with E-state index in [1.165, 1.54) is 16.0 Å². The molecule has 20 heavy (non-hydrogen) atoms. The Morgan fingerprint density at radius 2 is 1.90 bits per heavy atom. The van der Waals surface area contributed by atoms with E-state index in [1.807, 2.05) is 30.3 Å². The first-order chi connectivity index (χ1) is 9.66. The second-order valence-electron chi connectivity index (χ2n) is 4.79. The Hall–Kier alpha value is -1.81. The van der Waals surface area contributed by atoms with Crippen molar-refractivity contribution in [2.24, 2.45) is 0 Å². The zero-order valence-electron chi connectivity index (χ0n) is 11.9. The normalized spacial score (nSPS) is 10.3. The van der Waals surface area contributed by atoms with Gasteiger partial charge in [0.2, 0.25) is 0 Å². The molecule has 2 rings (SSSR count). The molecule has 2 amide bonds. The molecule has 0 bridgehead atoms. The first-order valence-electron chi connectivity index (χ1n) is 6.76. The Balaban J connectivity index is 1.69. The predicted molar refractivity (Wildman–Crippen MR) is 84.2 cm³/mol. The minimum absolute atomic E-state index is 0.113. The van der Waals surface area contributed by atoms with Gasteiger partial charge in [0.05, 0.1) is 0 Å². The summed E-state index contributed by atoms with van der Waals surface area (Å²) in [6.45, 7) is 5.49. The number of hydrogen-bond acceptors (Lipinski definition) is 2. The fourth-order valence-corrected chi connectivity index (χ4v) is 2.88. The molecule has 0 spiro atoms. The number of nitrogens with one attached hydrogen (secondary N) is 2. The number of aryl methyl sites for hydroxylation is 1. The molecule has 0 aliphatic carbocycles. The van der Waals surface area contributed by atoms with E-state index in [9.17, 15) is 4.79 Å². The molecule has 106 valence electrons. The standard InChI is InChI=1S/C16H20N2OS/c1-12-13(2)20-11-15(12)8-9-17-16(19)18-10-14-6-4-3-5-7-14/h3-7,11H,8-10H2,1-2H3,(H2,17,18,19). The van der Waals surface area contributed by atoms with Gasteiger partial charge in [0.25, 0.3) is 0 Å². The molecule has 0 unspecified atom stereocenters. The summed E-state index contributed by atoms with van der Waals surface area (Å²) in [7, 11) is 0. The van der Waals surface area contributed by atoms with Gasteiger partial charge in [-0.2, -0.15) is 0 Å². The fourth-order valence-electron chi connectivity index (χ4n) is 1.96. The van der Waals surface area contributed by atoms with E-state index in [0.29, 0.717) is 13.1 Å². The summed E-state index contributed by atoms with van der Waals surface area (Å²) < 4.78 is 0. The van der Waals surface area contributed by atoms with Crippen molar-refractivity contribution < 1.29 is 4.79 Å². The van der Waals surface area contributed by atoms with Crippen LogP contribution in [0.25, 0.3) is 0 Å². The fraction of sp³-hybridized carbons (Fsp3) is 0.312. The molecule has 3 nitrogen and oxygen atoms in total. The molecule has 0 saturated heterocycles. The Morgan fingerprint density at radius 3 is 2.55 bits per heavy atom. The van der Waals surface area contributed by atoms with Crippen LogP contribution in [0, 0.1) is 13.8 Å². The highest BCUT2D eigenvalue weighted by molar-refractivity contribution is 7.10. The van der Waals surface area contributed by atoms with Crippen LogP contribution < -0.4 is 10.6 Å². The number of hydrogen-bond donors (Lipinski definition) is 2. The monoisotopic (exact) mass is 288 g/mol. The second-order valence-corrected chi connectivity index (χ2v) is 5.87. The van der Waals surface area contributed by atoms with Gasteiger partial charge < -0.3 is 10.6 Å². The first-order valence-corrected chi connectivity index (χ1v) is 7.64. The van der Waals surface area contributed by atoms with E-state index in [1.54, 1.807) is 11.3 Å². The third kappa shape index (κ3) is 4.10. The third-order valence-electron chi connectivity index (χ3n) is 3.36. The van der Waals surface area contributed by atoms with Crippen LogP contribution in [0.5, 0.6) is 0 Å². The molecule has 0 radical (unpaired) electrons. The van der Waals surface area contributed by atoms with Crippen LogP contribution >= 0.6 is 11.3 Å². The summed E-state index contributed by atoms with van der Waals surface area (Å²) in [6.07, 6.45) is 0.884. The zero-order valence-corrected chi connectivity index (χ0v) is 12.7. The van der Waals surface area contributed by atoms with Crippen LogP contribution in [0.15, 0.2) is 35.7 Å². The van der Waals surface area contributed by atoms with Crippen LogP contribution in [0.3, 0.4) is 0 Å². The van der Waals surface area contributed by atoms with E-state index in [2.05, 4.69) is 29.9 Å². The summed E-state index contributed by atoms with van der Waals surface area (Å²) >= 11 is 1.77. The molecule has 0 fully saturated rings. The van der Waals surface area contributed by atoms with Gasteiger partial charge in [-0.3, -0.25) is 0 Å². The Labute approximate surface area is 124 Å². The number of thiophene rings is 1. The lowest BCUT2D eigenvalue weighted by Gasteiger charge is -2.07. The number of carbonyl (C=O) groups is 1. The van der Waals surface area contributed by atoms with Crippen LogP contribution in [-0.2, 0) is 13.0 Å². The van der Waals surface area contributed by atoms with Crippen LogP contribution in [0.4, 0.5) is 4.79 Å². The van der Waals surface area contributed by atoms with Gasteiger partial charge >= 0.3 is 6.03 Å². The molecule has 2 N–H and O–H groups in total. The highest BCUT2D eigenvalue weighted by Crippen LogP contribution is 2.20. The quantitative estimate of drug-likeness (QED) is 0.870. The molecule has 1 aromatic heterocycles. The minimum Gasteiger partial charge on any atom is -0.338 e. The predicted octanol–water partition coefficient (Wildman–Crippen LogP) is 3.41. The zero-order chi connectivity index (χ0) is 14.4. The molecule has 4 heteroatoms. The van der Waals surface area contributed by atoms with Gasteiger partial charge in [0.1, 0.15) is 0 Å². The topological polar surface area (TPSA) is 41.1 Å². The van der Waals surface area contributed by atoms with E-state index < -0.39 is 0 Å². The van der Waals surface area contributed by atoms with Crippen molar-refractivity contribution >= 4 is 17.4 Å². The maximum absolute atomic E-state index is 11.7. The van der Waals surface area contributed by atoms with Crippen molar-refractivity contribution in [3.8, 4) is 0 Å². The highest BCUT2D eigenvalue weighted by atomic mass is 32.1. The molecule has 0 saturated carbocycles. The largest absolute Gasteiger partial charge is 0.338 e. The van der Waals surface area contributed by atoms with Gasteiger partial charge in [-0.25, -0.2) is 4.79 Å². The number of amides is 2. The molecule has 0 aliphatic rings. The summed E-state index contributed by atoms with van der Waals surface area (Å²) in [5, 5.41) is 7.92. The number of rotatable bonds is 5. The van der Waals surface area contributed by atoms with E-state index in [0.717, 1.165) is 12.0 Å². The molecule has 1 aromatic carbocycles. The SMILES string of the molecule is Cc1scc(CCNC(=O)NCc2ccccc2)c1C. The van der Waals surface area contributed by atoms with Crippen LogP contribution in [0.2, 0.25) is 0 Å². The maximum Gasteiger partial charge on any atom is 0.315 e. The number of carbonyl (C=O) groups excluding carboxylic acids is 1. The van der Waals surface area contributed by atoms with Crippen LogP contribution in [-0.4, -0.2) is 12.6 Å². The summed E-state index contributed by atoms with van der Waals surface area (Å²) in [5.41, 5.74) is 3.78. The van der Waals surface area contributed by atoms with E-state index in [-0.39, 0.29) is 6.03 Å². The molecular weight excluding hydrogens is 268 g/mol. The van der Waals surface area contributed by atoms with Crippen molar-refractivity contribution in [1.29, 1.82) is 0 Å². The van der Waals surface area contributed by atoms with Gasteiger partial charge in [-0.05, 0) is 42.3 Å². The van der Waals surface area contributed by atoms with Gasteiger partial charge in [0, 0.05) is 18.0 Å². The lowest BCUT2D eigenvalue weighted by Crippen LogP contribution is -2.36. The van der Waals surface area contributed by atoms with E-state index >= 15 is 0 Å². The number of urea groups is 1. The molecule has 0 aliphatic heterocycles. The van der Waals surface area contributed by atoms with Crippen molar-refractivity contribution in [2.75, 3.05) is 6.54 Å². The van der Waals surface area contributed by atoms with Crippen LogP contribution in [0.1, 0.15) is 21.6 Å². The van der Waals surface area contributed by atoms with Crippen molar-refractivity contribution in [2.45, 2.75) is 26.8 Å². The van der Waals surface area contributed by atoms with Crippen molar-refractivity contribution in [1.82, 2.24) is 10.6 Å². The average molecular weight is 288 g/mol. The van der Waals surface area contributed by atoms with Gasteiger partial charge in [0.15, 0.2) is 0 Å². The maximum atomic E-state index is 11.7. The Kier molecular flexibility index (Phi) is 5.18. The van der Waals surface area contributed by atoms with Crippen molar-refractivity contribution in [3.05, 3.63) is 57.3 Å². The molecule has 0 atom stereocenters. The third-order valence-corrected chi connectivity index (χ3v) is 4.43. The lowest BCUT2D eigenvalue weighted by atomic mass is 10.1. The first kappa shape index (κ1) is 14.6. The van der Waals surface area contributed by atoms with Gasteiger partial charge in [-0.1, -0.05) is 30.3 Å². The summed E-state index contributed by atoms with van der Waals surface area (Å²) in [5.74, 6) is 0. The Bertz CT molecular complexity index is 563. The highest BCUT2D eigenvalue weighted by Gasteiger charge is 2.05. The molecular formula is C16H20N2OS. The minimum atomic E-state index is -0.113. The second kappa shape index (κ2) is 7.10. The number of benzene rings is 1. The molecule has 2 aromatic rings. The summed E-state index contributed by atoms with van der Waals surface area (Å²) in [4.78, 5) is 13.0. The Morgan fingerprint density at radius 1 is 1.15 bits per heavy atom.